The molecule has 352 valence electrons. The normalized spacial score (nSPS) is 13.0. The lowest BCUT2D eigenvalue weighted by atomic mass is 10.0. The summed E-state index contributed by atoms with van der Waals surface area (Å²) < 4.78 is 11.2. The summed E-state index contributed by atoms with van der Waals surface area (Å²) in [5.41, 5.74) is 0. The Kier molecular flexibility index (Phi) is 51.6. The van der Waals surface area contributed by atoms with Crippen molar-refractivity contribution in [2.75, 3.05) is 19.8 Å². The van der Waals surface area contributed by atoms with Gasteiger partial charge >= 0.3 is 5.97 Å². The molecule has 0 aliphatic rings. The number of aliphatic hydroxyl groups excluding tert-OH is 1. The molecule has 0 aromatic rings. The second-order valence-electron chi connectivity index (χ2n) is 17.2. The van der Waals surface area contributed by atoms with Crippen LogP contribution in [0.2, 0.25) is 0 Å². The van der Waals surface area contributed by atoms with Crippen molar-refractivity contribution in [3.63, 3.8) is 0 Å². The molecule has 0 aromatic carbocycles. The second-order valence-corrected chi connectivity index (χ2v) is 17.2. The molecule has 0 aromatic heterocycles. The minimum absolute atomic E-state index is 0.178. The maximum absolute atomic E-state index is 12.3. The van der Waals surface area contributed by atoms with Crippen molar-refractivity contribution in [1.82, 2.24) is 0 Å². The number of rotatable bonds is 48. The summed E-state index contributed by atoms with van der Waals surface area (Å²) >= 11 is 0. The van der Waals surface area contributed by atoms with Crippen molar-refractivity contribution < 1.29 is 19.4 Å². The number of aliphatic hydroxyl groups is 1. The first-order valence-electron chi connectivity index (χ1n) is 26.2. The van der Waals surface area contributed by atoms with E-state index in [0.717, 1.165) is 57.8 Å². The van der Waals surface area contributed by atoms with Gasteiger partial charge < -0.3 is 14.6 Å². The zero-order valence-corrected chi connectivity index (χ0v) is 40.4. The Bertz CT molecular complexity index is 1080. The Balaban J connectivity index is 3.44. The molecule has 61 heavy (non-hydrogen) atoms. The molecule has 0 saturated heterocycles. The molecule has 0 aliphatic heterocycles. The summed E-state index contributed by atoms with van der Waals surface area (Å²) in [5, 5.41) is 9.66. The van der Waals surface area contributed by atoms with E-state index in [1.54, 1.807) is 0 Å². The van der Waals surface area contributed by atoms with Gasteiger partial charge in [-0.2, -0.15) is 0 Å². The fourth-order valence-electron chi connectivity index (χ4n) is 7.33. The van der Waals surface area contributed by atoms with Gasteiger partial charge in [-0.1, -0.05) is 234 Å². The average Bonchev–Trinajstić information content (AvgIpc) is 3.27. The van der Waals surface area contributed by atoms with E-state index in [9.17, 15) is 9.90 Å². The molecular weight excluding hydrogens is 749 g/mol. The molecule has 0 rings (SSSR count). The van der Waals surface area contributed by atoms with Gasteiger partial charge in [-0.3, -0.25) is 4.79 Å². The molecule has 1 N–H and O–H groups in total. The maximum atomic E-state index is 12.3. The van der Waals surface area contributed by atoms with Crippen molar-refractivity contribution in [2.45, 2.75) is 251 Å². The van der Waals surface area contributed by atoms with Crippen LogP contribution in [0.1, 0.15) is 245 Å². The first-order chi connectivity index (χ1) is 30.2. The Hall–Kier alpha value is -2.43. The summed E-state index contributed by atoms with van der Waals surface area (Å²) in [6, 6.07) is 0. The van der Waals surface area contributed by atoms with Crippen LogP contribution in [-0.4, -0.2) is 37.0 Å². The fourth-order valence-corrected chi connectivity index (χ4v) is 7.33. The molecular formula is C57H100O4. The summed E-state index contributed by atoms with van der Waals surface area (Å²) in [7, 11) is 0. The molecule has 4 heteroatoms. The third-order valence-corrected chi connectivity index (χ3v) is 11.2. The van der Waals surface area contributed by atoms with Crippen LogP contribution in [0.3, 0.4) is 0 Å². The Morgan fingerprint density at radius 2 is 0.738 bits per heavy atom. The zero-order chi connectivity index (χ0) is 44.0. The highest BCUT2D eigenvalue weighted by Crippen LogP contribution is 2.15. The molecule has 0 saturated carbocycles. The first kappa shape index (κ1) is 58.6. The predicted molar refractivity (Wildman–Crippen MR) is 269 cm³/mol. The van der Waals surface area contributed by atoms with Gasteiger partial charge in [0.1, 0.15) is 6.10 Å². The van der Waals surface area contributed by atoms with E-state index in [1.807, 2.05) is 0 Å². The van der Waals surface area contributed by atoms with Crippen LogP contribution >= 0.6 is 0 Å². The number of unbranched alkanes of at least 4 members (excludes halogenated alkanes) is 26. The lowest BCUT2D eigenvalue weighted by Gasteiger charge is -2.16. The van der Waals surface area contributed by atoms with Gasteiger partial charge in [0.05, 0.1) is 13.2 Å². The largest absolute Gasteiger partial charge is 0.457 e. The molecule has 0 heterocycles. The van der Waals surface area contributed by atoms with E-state index < -0.39 is 6.10 Å². The number of hydrogen-bond donors (Lipinski definition) is 1. The third kappa shape index (κ3) is 51.8. The highest BCUT2D eigenvalue weighted by atomic mass is 16.6. The molecule has 0 radical (unpaired) electrons. The van der Waals surface area contributed by atoms with Crippen molar-refractivity contribution >= 4 is 5.97 Å². The smallest absolute Gasteiger partial charge is 0.306 e. The predicted octanol–water partition coefficient (Wildman–Crippen LogP) is 17.9. The Morgan fingerprint density at radius 3 is 1.11 bits per heavy atom. The van der Waals surface area contributed by atoms with Crippen molar-refractivity contribution in [3.8, 4) is 0 Å². The number of carbonyl (C=O) groups excluding carboxylic acids is 1. The summed E-state index contributed by atoms with van der Waals surface area (Å²) in [6.07, 6.45) is 75.3. The topological polar surface area (TPSA) is 55.8 Å². The van der Waals surface area contributed by atoms with Crippen LogP contribution in [-0.2, 0) is 14.3 Å². The van der Waals surface area contributed by atoms with Crippen molar-refractivity contribution in [1.29, 1.82) is 0 Å². The molecule has 1 unspecified atom stereocenters. The van der Waals surface area contributed by atoms with Gasteiger partial charge in [-0.15, -0.1) is 0 Å². The first-order valence-corrected chi connectivity index (χ1v) is 26.2. The molecule has 0 bridgehead atoms. The van der Waals surface area contributed by atoms with Crippen molar-refractivity contribution in [2.24, 2.45) is 0 Å². The van der Waals surface area contributed by atoms with E-state index in [4.69, 9.17) is 9.47 Å². The molecule has 0 amide bonds. The van der Waals surface area contributed by atoms with Gasteiger partial charge in [0.25, 0.3) is 0 Å². The monoisotopic (exact) mass is 849 g/mol. The van der Waals surface area contributed by atoms with Gasteiger partial charge in [0, 0.05) is 13.0 Å². The SMILES string of the molecule is CC/C=C\C/C=C\C/C=C\C/C=C\CCCCCCCCCCCCCCC(=O)OC(CO)COCCCCCCCCCCC/C=C\C/C=C\C/C=C\CCCCCCC. The van der Waals surface area contributed by atoms with E-state index in [0.29, 0.717) is 13.0 Å². The van der Waals surface area contributed by atoms with E-state index in [-0.39, 0.29) is 19.2 Å². The van der Waals surface area contributed by atoms with E-state index in [1.165, 1.54) is 167 Å². The third-order valence-electron chi connectivity index (χ3n) is 11.2. The number of allylic oxidation sites excluding steroid dienone is 14. The molecule has 0 aliphatic carbocycles. The van der Waals surface area contributed by atoms with Gasteiger partial charge in [0.2, 0.25) is 0 Å². The fraction of sp³-hybridized carbons (Fsp3) is 0.737. The Morgan fingerprint density at radius 1 is 0.410 bits per heavy atom. The number of hydrogen-bond acceptors (Lipinski definition) is 4. The summed E-state index contributed by atoms with van der Waals surface area (Å²) in [4.78, 5) is 12.3. The lowest BCUT2D eigenvalue weighted by molar-refractivity contribution is -0.154. The quantitative estimate of drug-likeness (QED) is 0.0376. The number of ether oxygens (including phenoxy) is 2. The van der Waals surface area contributed by atoms with E-state index >= 15 is 0 Å². The van der Waals surface area contributed by atoms with Crippen LogP contribution in [0.4, 0.5) is 0 Å². The van der Waals surface area contributed by atoms with Crippen molar-refractivity contribution in [3.05, 3.63) is 85.1 Å². The zero-order valence-electron chi connectivity index (χ0n) is 40.4. The molecule has 1 atom stereocenters. The highest BCUT2D eigenvalue weighted by molar-refractivity contribution is 5.69. The maximum Gasteiger partial charge on any atom is 0.306 e. The Labute approximate surface area is 380 Å². The number of esters is 1. The molecule has 0 spiro atoms. The van der Waals surface area contributed by atoms with Crippen LogP contribution in [0.25, 0.3) is 0 Å². The van der Waals surface area contributed by atoms with Crippen LogP contribution < -0.4 is 0 Å². The summed E-state index contributed by atoms with van der Waals surface area (Å²) in [6.45, 7) is 5.22. The minimum atomic E-state index is -0.544. The molecule has 4 nitrogen and oxygen atoms in total. The van der Waals surface area contributed by atoms with Gasteiger partial charge in [0.15, 0.2) is 0 Å². The van der Waals surface area contributed by atoms with E-state index in [2.05, 4.69) is 98.9 Å². The second kappa shape index (κ2) is 53.7. The molecule has 0 fully saturated rings. The van der Waals surface area contributed by atoms with Gasteiger partial charge in [-0.25, -0.2) is 0 Å². The van der Waals surface area contributed by atoms with Crippen LogP contribution in [0, 0.1) is 0 Å². The number of carbonyl (C=O) groups is 1. The minimum Gasteiger partial charge on any atom is -0.457 e. The van der Waals surface area contributed by atoms with Crippen LogP contribution in [0.15, 0.2) is 85.1 Å². The highest BCUT2D eigenvalue weighted by Gasteiger charge is 2.13. The van der Waals surface area contributed by atoms with Crippen LogP contribution in [0.5, 0.6) is 0 Å². The average molecular weight is 849 g/mol. The summed E-state index contributed by atoms with van der Waals surface area (Å²) in [5.74, 6) is -0.206. The van der Waals surface area contributed by atoms with Gasteiger partial charge in [-0.05, 0) is 89.9 Å². The standard InChI is InChI=1S/C57H100O4/c1-3-5-7-9-11-13-15-17-19-21-23-25-27-29-30-32-34-36-38-40-42-44-46-48-50-52-57(59)61-56(54-58)55-60-53-51-49-47-45-43-41-39-37-35-33-31-28-26-24-22-20-18-16-14-12-10-8-6-4-2/h5,7,11,13,16-19,22-25,28,31,56,58H,3-4,6,8-10,12,14-15,20-21,26-27,29-30,32-55H2,1-2H3/b7-5-,13-11-,18-16-,19-17-,24-22-,25-23-,31-28-. The lowest BCUT2D eigenvalue weighted by Crippen LogP contribution is -2.27.